The minimum atomic E-state index is -3.26. The third-order valence-corrected chi connectivity index (χ3v) is 18.2. The number of methoxy groups -OCH3 is 1. The van der Waals surface area contributed by atoms with Crippen LogP contribution < -0.4 is 9.47 Å². The van der Waals surface area contributed by atoms with Crippen molar-refractivity contribution in [3.63, 3.8) is 0 Å². The molecule has 7 rings (SSSR count). The second-order valence-corrected chi connectivity index (χ2v) is 24.7. The number of ether oxygens (including phenoxy) is 2. The van der Waals surface area contributed by atoms with Gasteiger partial charge in [-0.1, -0.05) is 42.5 Å². The monoisotopic (exact) mass is 1040 g/mol. The van der Waals surface area contributed by atoms with Crippen LogP contribution in [-0.4, -0.2) is 336 Å². The summed E-state index contributed by atoms with van der Waals surface area (Å²) in [5.41, 5.74) is 7.92. The highest BCUT2D eigenvalue weighted by atomic mass is 32.2. The van der Waals surface area contributed by atoms with Crippen LogP contribution in [0, 0.1) is 5.82 Å². The smallest absolute Gasteiger partial charge is 0.175 e. The molecule has 1 N–H and O–H groups in total. The molecule has 44 radical (unpaired) electrons. The van der Waals surface area contributed by atoms with Crippen LogP contribution in [0.4, 0.5) is 4.39 Å². The molecule has 2 atom stereocenters. The lowest BCUT2D eigenvalue weighted by Gasteiger charge is -2.55. The second-order valence-electron chi connectivity index (χ2n) is 22.7. The van der Waals surface area contributed by atoms with Gasteiger partial charge in [0.25, 0.3) is 0 Å². The summed E-state index contributed by atoms with van der Waals surface area (Å²) in [4.78, 5) is 6.50. The van der Waals surface area contributed by atoms with Gasteiger partial charge in [-0.3, -0.25) is 4.90 Å². The Kier molecular flexibility index (Phi) is 26.5. The highest BCUT2D eigenvalue weighted by Crippen LogP contribution is 2.50. The zero-order valence-electron chi connectivity index (χ0n) is 47.7. The number of aromatic amines is 1. The van der Waals surface area contributed by atoms with E-state index < -0.39 is 138 Å². The van der Waals surface area contributed by atoms with E-state index in [0.717, 1.165) is 36.0 Å². The summed E-state index contributed by atoms with van der Waals surface area (Å²) in [5, 5.41) is 1.22. The number of sulfone groups is 1. The number of para-hydroxylation sites is 1. The third kappa shape index (κ3) is 16.6. The molecule has 2 aliphatic rings. The summed E-state index contributed by atoms with van der Waals surface area (Å²) in [6.07, 6.45) is -20.6. The van der Waals surface area contributed by atoms with Crippen molar-refractivity contribution in [2.24, 2.45) is 0 Å². The number of nitrogens with zero attached hydrogens (tertiary/aromatic N) is 1. The molecule has 0 fully saturated rings. The molecule has 5 aromatic rings. The Balaban J connectivity index is 0.000000269. The first-order valence-corrected chi connectivity index (χ1v) is 29.6. The van der Waals surface area contributed by atoms with Gasteiger partial charge in [-0.25, -0.2) is 12.8 Å². The molecule has 3 heterocycles. The fourth-order valence-electron chi connectivity index (χ4n) is 13.5. The van der Waals surface area contributed by atoms with Crippen molar-refractivity contribution in [1.29, 1.82) is 0 Å². The van der Waals surface area contributed by atoms with Crippen LogP contribution in [-0.2, 0) is 29.3 Å². The Hall–Kier alpha value is -1.41. The van der Waals surface area contributed by atoms with E-state index in [1.165, 1.54) is 34.0 Å². The zero-order valence-corrected chi connectivity index (χ0v) is 48.5. The van der Waals surface area contributed by atoms with E-state index in [4.69, 9.17) is 180 Å². The number of nitrogens with one attached hydrogen (secondary N) is 1. The highest BCUT2D eigenvalue weighted by molar-refractivity contribution is 8.33. The van der Waals surface area contributed by atoms with E-state index in [0.29, 0.717) is 11.5 Å². The lowest BCUT2D eigenvalue weighted by molar-refractivity contribution is 0.127. The molecule has 0 aliphatic carbocycles. The van der Waals surface area contributed by atoms with Gasteiger partial charge in [-0.05, 0) is 83.1 Å². The molecule has 340 valence electrons. The Morgan fingerprint density at radius 1 is 0.548 bits per heavy atom. The summed E-state index contributed by atoms with van der Waals surface area (Å²) in [5.74, 6) is 1.08. The summed E-state index contributed by atoms with van der Waals surface area (Å²) >= 11 is 0. The maximum atomic E-state index is 14.0. The maximum absolute atomic E-state index is 14.0. The van der Waals surface area contributed by atoms with Gasteiger partial charge in [0, 0.05) is 333 Å². The van der Waals surface area contributed by atoms with Gasteiger partial charge < -0.3 is 14.5 Å². The van der Waals surface area contributed by atoms with Gasteiger partial charge in [-0.2, -0.15) is 0 Å². The molecule has 0 amide bonds. The first-order valence-electron chi connectivity index (χ1n) is 27.7. The van der Waals surface area contributed by atoms with Gasteiger partial charge in [0.2, 0.25) is 0 Å². The zero-order chi connectivity index (χ0) is 62.6. The van der Waals surface area contributed by atoms with Gasteiger partial charge in [0.1, 0.15) is 12.4 Å². The number of hydrogen-bond acceptors (Lipinski definition) is 5. The van der Waals surface area contributed by atoms with Crippen LogP contribution in [0.15, 0.2) is 89.8 Å². The van der Waals surface area contributed by atoms with Crippen LogP contribution >= 0.6 is 0 Å². The molecule has 6 nitrogen and oxygen atoms in total. The van der Waals surface area contributed by atoms with Gasteiger partial charge >= 0.3 is 0 Å². The fraction of sp³-hybridized carbons (Fsp3) is 0.235. The summed E-state index contributed by atoms with van der Waals surface area (Å²) in [6, 6.07) is 26.3. The first-order chi connectivity index (χ1) is 39.3. The third-order valence-electron chi connectivity index (χ3n) is 17.0. The number of rotatable bonds is 25. The van der Waals surface area contributed by atoms with Crippen molar-refractivity contribution in [3.8, 4) is 11.5 Å². The molecular formula is C34H31B42FN2O4S. The molecular weight excluding hydrogens is 1010 g/mol. The molecule has 1 aromatic heterocycles. The highest BCUT2D eigenvalue weighted by Gasteiger charge is 2.58. The number of benzene rings is 4. The van der Waals surface area contributed by atoms with E-state index in [1.807, 2.05) is 18.2 Å². The van der Waals surface area contributed by atoms with E-state index in [9.17, 15) is 12.8 Å². The molecule has 0 saturated carbocycles. The molecule has 4 aromatic carbocycles. The maximum Gasteiger partial charge on any atom is 0.175 e. The summed E-state index contributed by atoms with van der Waals surface area (Å²) in [7, 11) is 137. The predicted molar refractivity (Wildman–Crippen MR) is 402 cm³/mol. The largest absolute Gasteiger partial charge is 0.493 e. The molecule has 2 aliphatic heterocycles. The lowest BCUT2D eigenvalue weighted by atomic mass is 8.27. The first kappa shape index (κ1) is 71.7. The number of hydrogen-bond donors (Lipinski definition) is 1. The molecule has 0 saturated heterocycles. The van der Waals surface area contributed by atoms with Crippen molar-refractivity contribution < 1.29 is 22.3 Å². The Morgan fingerprint density at radius 2 is 0.976 bits per heavy atom. The van der Waals surface area contributed by atoms with Crippen molar-refractivity contribution in [3.05, 3.63) is 124 Å². The van der Waals surface area contributed by atoms with Crippen molar-refractivity contribution >= 4 is 319 Å². The normalized spacial score (nSPS) is 13.9. The average Bonchev–Trinajstić information content (AvgIpc) is 1.41. The Labute approximate surface area is 538 Å². The molecule has 0 spiro atoms. The quantitative estimate of drug-likeness (QED) is 0.0590. The van der Waals surface area contributed by atoms with Gasteiger partial charge in [-0.15, -0.1) is 0 Å². The van der Waals surface area contributed by atoms with Crippen LogP contribution in [0.2, 0.25) is 0 Å². The molecule has 0 bridgehead atoms. The summed E-state index contributed by atoms with van der Waals surface area (Å²) < 4.78 is 49.7. The van der Waals surface area contributed by atoms with Crippen LogP contribution in [0.3, 0.4) is 0 Å². The number of halogens is 1. The summed E-state index contributed by atoms with van der Waals surface area (Å²) in [6.45, 7) is 1.13. The van der Waals surface area contributed by atoms with Crippen LogP contribution in [0.1, 0.15) is 45.6 Å². The number of aromatic nitrogens is 1. The Bertz CT molecular complexity index is 2900. The number of fused-ring (bicyclic) bond motifs is 6. The minimum absolute atomic E-state index is 0.0419. The van der Waals surface area contributed by atoms with Crippen LogP contribution in [0.25, 0.3) is 10.9 Å². The predicted octanol–water partition coefficient (Wildman–Crippen LogP) is -9.45. The van der Waals surface area contributed by atoms with Crippen molar-refractivity contribution in [2.45, 2.75) is 36.4 Å². The molecule has 2 unspecified atom stereocenters. The van der Waals surface area contributed by atoms with E-state index in [1.54, 1.807) is 43.5 Å². The van der Waals surface area contributed by atoms with Gasteiger partial charge in [0.05, 0.1) is 18.0 Å². The van der Waals surface area contributed by atoms with E-state index in [2.05, 4.69) is 40.2 Å². The SMILES string of the molecule is COc1cc2c(cc1OCc1ccc(S(C)(=O)=O)cc1)C1Cc3c([nH]c4ccccc34)C(c3ccc(F)cc3)N1CC2.[B]B([B])B(B([B])[B])B(B([B])[B])B(B(B(B([B])[B])B([B])[B])B(B([B])[B])B([B])[B])B(B(B([B])[B])B([B])[B])B(B([B])[B])B([B])[B]. The van der Waals surface area contributed by atoms with Crippen molar-refractivity contribution in [1.82, 2.24) is 9.88 Å². The van der Waals surface area contributed by atoms with Crippen molar-refractivity contribution in [2.75, 3.05) is 19.9 Å². The molecule has 84 heavy (non-hydrogen) atoms. The Morgan fingerprint density at radius 3 is 1.40 bits per heavy atom. The van der Waals surface area contributed by atoms with Gasteiger partial charge in [0.15, 0.2) is 21.3 Å². The standard InChI is InChI=1S/C34H31FN2O4S.B42/c1-40-31-17-23-15-16-37-30(27(23)19-32(31)41-20-21-7-13-25(14-8-21)42(2,38)39)18-28-26-5-3-4-6-29(26)36-33(28)34(37)22-9-11-24(35)12-10-22;1-23(2)34(24(3)4)39(33(21)22)42(40(35(25(5)6)26(7)8)36(27(9)10)28(11)12)41(37(29(13)14)30(15)16)38(31(17)18)32(19)20/h3-14,17,19,30,34,36H,15-16,18,20H2,1-2H3;. The second kappa shape index (κ2) is 31.1. The molecule has 50 heteroatoms. The minimum Gasteiger partial charge on any atom is -0.493 e. The lowest BCUT2D eigenvalue weighted by Crippen LogP contribution is -2.93. The van der Waals surface area contributed by atoms with E-state index in [-0.39, 0.29) is 29.4 Å². The fourth-order valence-corrected chi connectivity index (χ4v) is 14.1. The topological polar surface area (TPSA) is 71.6 Å². The average molecular weight is 1040 g/mol. The van der Waals surface area contributed by atoms with Crippen LogP contribution in [0.5, 0.6) is 11.5 Å². The number of H-pyrrole nitrogens is 1. The van der Waals surface area contributed by atoms with E-state index >= 15 is 0 Å².